The summed E-state index contributed by atoms with van der Waals surface area (Å²) in [6.45, 7) is 0.893. The fourth-order valence-corrected chi connectivity index (χ4v) is 3.29. The van der Waals surface area contributed by atoms with Crippen molar-refractivity contribution in [1.29, 1.82) is 0 Å². The maximum Gasteiger partial charge on any atom is 0.317 e. The highest BCUT2D eigenvalue weighted by molar-refractivity contribution is 5.99. The Morgan fingerprint density at radius 1 is 1.38 bits per heavy atom. The Balaban J connectivity index is 1.86. The first kappa shape index (κ1) is 16.5. The van der Waals surface area contributed by atoms with Crippen LogP contribution in [0, 0.1) is 5.92 Å². The van der Waals surface area contributed by atoms with E-state index in [4.69, 9.17) is 14.2 Å². The standard InChI is InChI=1S/C18H21NO5/c1-22-18(21)14-11-19(8-7-15(14)20)17(13-5-3-2-4-6-13)16-12-23-9-10-24-16/h2-3,5,9-10,12,14,17H,4,6-8,11H2,1H3. The largest absolute Gasteiger partial charge is 0.468 e. The van der Waals surface area contributed by atoms with Gasteiger partial charge in [-0.2, -0.15) is 0 Å². The van der Waals surface area contributed by atoms with Gasteiger partial charge in [0.2, 0.25) is 0 Å². The molecule has 24 heavy (non-hydrogen) atoms. The second kappa shape index (κ2) is 7.49. The van der Waals surface area contributed by atoms with Gasteiger partial charge in [0.15, 0.2) is 5.76 Å². The van der Waals surface area contributed by atoms with Crippen molar-refractivity contribution in [2.24, 2.45) is 5.92 Å². The summed E-state index contributed by atoms with van der Waals surface area (Å²) >= 11 is 0. The van der Waals surface area contributed by atoms with Crippen LogP contribution in [0.25, 0.3) is 0 Å². The zero-order valence-electron chi connectivity index (χ0n) is 13.6. The van der Waals surface area contributed by atoms with Crippen molar-refractivity contribution in [1.82, 2.24) is 4.90 Å². The van der Waals surface area contributed by atoms with Crippen LogP contribution in [0.3, 0.4) is 0 Å². The molecule has 0 aromatic carbocycles. The summed E-state index contributed by atoms with van der Waals surface area (Å²) in [5.41, 5.74) is 1.18. The van der Waals surface area contributed by atoms with Gasteiger partial charge in [0.25, 0.3) is 0 Å². The smallest absolute Gasteiger partial charge is 0.317 e. The number of rotatable bonds is 4. The quantitative estimate of drug-likeness (QED) is 0.580. The number of carbonyl (C=O) groups is 2. The molecule has 2 atom stereocenters. The molecule has 0 bridgehead atoms. The van der Waals surface area contributed by atoms with E-state index >= 15 is 0 Å². The third kappa shape index (κ3) is 3.43. The van der Waals surface area contributed by atoms with Crippen LogP contribution >= 0.6 is 0 Å². The van der Waals surface area contributed by atoms with Crippen LogP contribution in [0.4, 0.5) is 0 Å². The molecule has 1 aliphatic carbocycles. The maximum absolute atomic E-state index is 12.1. The molecule has 6 nitrogen and oxygen atoms in total. The number of ketones is 1. The molecule has 0 saturated carbocycles. The lowest BCUT2D eigenvalue weighted by atomic mass is 9.90. The van der Waals surface area contributed by atoms with Gasteiger partial charge in [0, 0.05) is 19.5 Å². The molecule has 128 valence electrons. The summed E-state index contributed by atoms with van der Waals surface area (Å²) in [4.78, 5) is 26.1. The van der Waals surface area contributed by atoms with Crippen LogP contribution in [0.2, 0.25) is 0 Å². The second-order valence-corrected chi connectivity index (χ2v) is 5.94. The molecule has 1 fully saturated rings. The van der Waals surface area contributed by atoms with Gasteiger partial charge in [-0.15, -0.1) is 0 Å². The molecule has 3 aliphatic rings. The van der Waals surface area contributed by atoms with Crippen molar-refractivity contribution in [3.8, 4) is 0 Å². The fraction of sp³-hybridized carbons (Fsp3) is 0.444. The number of likely N-dealkylation sites (tertiary alicyclic amines) is 1. The summed E-state index contributed by atoms with van der Waals surface area (Å²) in [7, 11) is 1.31. The first-order valence-electron chi connectivity index (χ1n) is 8.08. The monoisotopic (exact) mass is 331 g/mol. The Bertz CT molecular complexity index is 623. The number of nitrogens with zero attached hydrogens (tertiary/aromatic N) is 1. The lowest BCUT2D eigenvalue weighted by Gasteiger charge is -2.38. The van der Waals surface area contributed by atoms with Crippen molar-refractivity contribution >= 4 is 11.8 Å². The topological polar surface area (TPSA) is 65.1 Å². The summed E-state index contributed by atoms with van der Waals surface area (Å²) < 4.78 is 15.7. The van der Waals surface area contributed by atoms with E-state index in [2.05, 4.69) is 17.1 Å². The zero-order chi connectivity index (χ0) is 16.9. The van der Waals surface area contributed by atoms with E-state index in [0.717, 1.165) is 12.8 Å². The number of methoxy groups -OCH3 is 1. The van der Waals surface area contributed by atoms with E-state index in [-0.39, 0.29) is 11.8 Å². The van der Waals surface area contributed by atoms with E-state index in [9.17, 15) is 9.59 Å². The zero-order valence-corrected chi connectivity index (χ0v) is 13.6. The SMILES string of the molecule is COC(=O)C1CN(C(C2=CC=CCC2)C2=COC=CO2)CCC1=O. The van der Waals surface area contributed by atoms with Crippen molar-refractivity contribution in [3.05, 3.63) is 48.3 Å². The van der Waals surface area contributed by atoms with Gasteiger partial charge in [0.1, 0.15) is 30.5 Å². The van der Waals surface area contributed by atoms with Gasteiger partial charge in [-0.25, -0.2) is 0 Å². The Hall–Kier alpha value is -2.34. The van der Waals surface area contributed by atoms with Crippen molar-refractivity contribution in [3.63, 3.8) is 0 Å². The molecule has 0 aromatic heterocycles. The number of hydrogen-bond donors (Lipinski definition) is 0. The molecule has 0 spiro atoms. The minimum atomic E-state index is -0.744. The lowest BCUT2D eigenvalue weighted by Crippen LogP contribution is -2.50. The summed E-state index contributed by atoms with van der Waals surface area (Å²) in [6.07, 6.45) is 12.9. The molecule has 2 heterocycles. The Morgan fingerprint density at radius 2 is 2.25 bits per heavy atom. The molecule has 0 amide bonds. The number of hydrogen-bond acceptors (Lipinski definition) is 6. The van der Waals surface area contributed by atoms with Gasteiger partial charge in [-0.05, 0) is 18.4 Å². The molecule has 1 saturated heterocycles. The number of Topliss-reactive ketones (excluding diaryl/α,β-unsaturated/α-hetero) is 1. The van der Waals surface area contributed by atoms with Gasteiger partial charge in [-0.1, -0.05) is 18.2 Å². The van der Waals surface area contributed by atoms with E-state index in [1.165, 1.54) is 25.2 Å². The molecule has 2 aliphatic heterocycles. The predicted molar refractivity (Wildman–Crippen MR) is 86.3 cm³/mol. The first-order valence-corrected chi connectivity index (χ1v) is 8.08. The number of allylic oxidation sites excluding steroid dienone is 3. The van der Waals surface area contributed by atoms with Gasteiger partial charge in [-0.3, -0.25) is 14.5 Å². The van der Waals surface area contributed by atoms with E-state index in [1.54, 1.807) is 6.26 Å². The Kier molecular flexibility index (Phi) is 5.15. The number of ether oxygens (including phenoxy) is 3. The average Bonchev–Trinajstić information content (AvgIpc) is 2.64. The minimum absolute atomic E-state index is 0.0657. The van der Waals surface area contributed by atoms with E-state index < -0.39 is 11.9 Å². The van der Waals surface area contributed by atoms with Gasteiger partial charge < -0.3 is 14.2 Å². The molecule has 0 N–H and O–H groups in total. The summed E-state index contributed by atoms with van der Waals surface area (Å²) in [6, 6.07) is -0.153. The molecule has 0 aromatic rings. The fourth-order valence-electron chi connectivity index (χ4n) is 3.29. The minimum Gasteiger partial charge on any atom is -0.468 e. The molecule has 0 radical (unpaired) electrons. The van der Waals surface area contributed by atoms with Crippen LogP contribution in [0.1, 0.15) is 19.3 Å². The highest BCUT2D eigenvalue weighted by Crippen LogP contribution is 2.30. The normalized spacial score (nSPS) is 25.2. The second-order valence-electron chi connectivity index (χ2n) is 5.94. The predicted octanol–water partition coefficient (Wildman–Crippen LogP) is 2.05. The Labute approximate surface area is 141 Å². The molecule has 6 heteroatoms. The highest BCUT2D eigenvalue weighted by atomic mass is 16.5. The molecule has 2 unspecified atom stereocenters. The number of esters is 1. The van der Waals surface area contributed by atoms with Gasteiger partial charge >= 0.3 is 5.97 Å². The molecule has 3 rings (SSSR count). The van der Waals surface area contributed by atoms with E-state index in [0.29, 0.717) is 25.3 Å². The van der Waals surface area contributed by atoms with Crippen LogP contribution in [0.15, 0.2) is 48.3 Å². The van der Waals surface area contributed by atoms with E-state index in [1.807, 2.05) is 6.08 Å². The van der Waals surface area contributed by atoms with Gasteiger partial charge in [0.05, 0.1) is 13.2 Å². The molecular weight excluding hydrogens is 310 g/mol. The van der Waals surface area contributed by atoms with Crippen LogP contribution in [-0.2, 0) is 23.8 Å². The Morgan fingerprint density at radius 3 is 2.92 bits per heavy atom. The van der Waals surface area contributed by atoms with Crippen molar-refractivity contribution < 1.29 is 23.8 Å². The first-order chi connectivity index (χ1) is 11.7. The van der Waals surface area contributed by atoms with Crippen LogP contribution < -0.4 is 0 Å². The number of carbonyl (C=O) groups excluding carboxylic acids is 2. The summed E-state index contributed by atoms with van der Waals surface area (Å²) in [5, 5.41) is 0. The van der Waals surface area contributed by atoms with Crippen LogP contribution in [0.5, 0.6) is 0 Å². The third-order valence-corrected chi connectivity index (χ3v) is 4.49. The maximum atomic E-state index is 12.1. The van der Waals surface area contributed by atoms with Crippen molar-refractivity contribution in [2.75, 3.05) is 20.2 Å². The number of piperidine rings is 1. The highest BCUT2D eigenvalue weighted by Gasteiger charge is 2.39. The third-order valence-electron chi connectivity index (χ3n) is 4.49. The summed E-state index contributed by atoms with van der Waals surface area (Å²) in [5.74, 6) is -0.622. The average molecular weight is 331 g/mol. The van der Waals surface area contributed by atoms with Crippen molar-refractivity contribution in [2.45, 2.75) is 25.3 Å². The molecular formula is C18H21NO5. The van der Waals surface area contributed by atoms with Crippen LogP contribution in [-0.4, -0.2) is 42.9 Å². The lowest BCUT2D eigenvalue weighted by molar-refractivity contribution is -0.152.